The average molecular weight is 246 g/mol. The summed E-state index contributed by atoms with van der Waals surface area (Å²) in [5, 5.41) is 0.461. The number of carbonyl (C=O) groups excluding carboxylic acids is 1. The smallest absolute Gasteiger partial charge is 0.322 e. The SMILES string of the molecule is COC(=O)C(N)CCc1cc(Cl)ccc1F. The summed E-state index contributed by atoms with van der Waals surface area (Å²) in [6.45, 7) is 0. The van der Waals surface area contributed by atoms with E-state index in [1.165, 1.54) is 25.3 Å². The number of methoxy groups -OCH3 is 1. The fourth-order valence-corrected chi connectivity index (χ4v) is 1.51. The van der Waals surface area contributed by atoms with E-state index in [9.17, 15) is 9.18 Å². The van der Waals surface area contributed by atoms with Gasteiger partial charge in [0.15, 0.2) is 0 Å². The van der Waals surface area contributed by atoms with Gasteiger partial charge in [-0.1, -0.05) is 11.6 Å². The van der Waals surface area contributed by atoms with Crippen molar-refractivity contribution in [3.8, 4) is 0 Å². The van der Waals surface area contributed by atoms with E-state index < -0.39 is 12.0 Å². The Morgan fingerprint density at radius 1 is 1.62 bits per heavy atom. The van der Waals surface area contributed by atoms with Crippen molar-refractivity contribution in [1.82, 2.24) is 0 Å². The van der Waals surface area contributed by atoms with Crippen molar-refractivity contribution in [2.75, 3.05) is 7.11 Å². The molecule has 2 N–H and O–H groups in total. The lowest BCUT2D eigenvalue weighted by Gasteiger charge is -2.09. The summed E-state index contributed by atoms with van der Waals surface area (Å²) in [4.78, 5) is 11.0. The van der Waals surface area contributed by atoms with E-state index in [0.717, 1.165) is 0 Å². The molecule has 0 saturated heterocycles. The van der Waals surface area contributed by atoms with Crippen LogP contribution in [-0.2, 0) is 16.0 Å². The topological polar surface area (TPSA) is 52.3 Å². The van der Waals surface area contributed by atoms with Gasteiger partial charge in [-0.05, 0) is 36.6 Å². The standard InChI is InChI=1S/C11H13ClFNO2/c1-16-11(15)10(14)5-2-7-6-8(12)3-4-9(7)13/h3-4,6,10H,2,5,14H2,1H3. The van der Waals surface area contributed by atoms with E-state index in [-0.39, 0.29) is 5.82 Å². The molecular weight excluding hydrogens is 233 g/mol. The number of rotatable bonds is 4. The van der Waals surface area contributed by atoms with Crippen LogP contribution in [0.25, 0.3) is 0 Å². The minimum Gasteiger partial charge on any atom is -0.468 e. The number of hydrogen-bond donors (Lipinski definition) is 1. The summed E-state index contributed by atoms with van der Waals surface area (Å²) in [5.41, 5.74) is 5.98. The Morgan fingerprint density at radius 2 is 2.31 bits per heavy atom. The lowest BCUT2D eigenvalue weighted by atomic mass is 10.1. The second kappa shape index (κ2) is 5.82. The van der Waals surface area contributed by atoms with Crippen molar-refractivity contribution in [3.63, 3.8) is 0 Å². The molecule has 1 unspecified atom stereocenters. The maximum absolute atomic E-state index is 13.3. The third-order valence-electron chi connectivity index (χ3n) is 2.24. The third kappa shape index (κ3) is 3.47. The van der Waals surface area contributed by atoms with E-state index in [0.29, 0.717) is 23.4 Å². The first-order valence-corrected chi connectivity index (χ1v) is 5.19. The molecule has 16 heavy (non-hydrogen) atoms. The van der Waals surface area contributed by atoms with Crippen LogP contribution in [0.3, 0.4) is 0 Å². The van der Waals surface area contributed by atoms with Gasteiger partial charge in [0.1, 0.15) is 11.9 Å². The molecule has 1 rings (SSSR count). The molecule has 0 radical (unpaired) electrons. The Balaban J connectivity index is 2.60. The number of aryl methyl sites for hydroxylation is 1. The molecule has 1 aromatic rings. The molecule has 0 heterocycles. The number of benzene rings is 1. The first-order chi connectivity index (χ1) is 7.54. The van der Waals surface area contributed by atoms with Crippen LogP contribution < -0.4 is 5.73 Å². The highest BCUT2D eigenvalue weighted by atomic mass is 35.5. The van der Waals surface area contributed by atoms with Crippen LogP contribution in [0.15, 0.2) is 18.2 Å². The predicted molar refractivity (Wildman–Crippen MR) is 59.7 cm³/mol. The Kier molecular flexibility index (Phi) is 4.71. The van der Waals surface area contributed by atoms with Gasteiger partial charge in [0.2, 0.25) is 0 Å². The molecule has 0 fully saturated rings. The fourth-order valence-electron chi connectivity index (χ4n) is 1.32. The highest BCUT2D eigenvalue weighted by Crippen LogP contribution is 2.16. The predicted octanol–water partition coefficient (Wildman–Crippen LogP) is 1.91. The molecule has 0 spiro atoms. The third-order valence-corrected chi connectivity index (χ3v) is 2.47. The Morgan fingerprint density at radius 3 is 2.94 bits per heavy atom. The fraction of sp³-hybridized carbons (Fsp3) is 0.364. The molecule has 0 bridgehead atoms. The van der Waals surface area contributed by atoms with Gasteiger partial charge in [0.25, 0.3) is 0 Å². The Labute approximate surface area is 98.3 Å². The summed E-state index contributed by atoms with van der Waals surface area (Å²) < 4.78 is 17.8. The monoisotopic (exact) mass is 245 g/mol. The second-order valence-corrected chi connectivity index (χ2v) is 3.84. The zero-order chi connectivity index (χ0) is 12.1. The van der Waals surface area contributed by atoms with Crippen molar-refractivity contribution in [3.05, 3.63) is 34.6 Å². The molecule has 0 amide bonds. The Hall–Kier alpha value is -1.13. The van der Waals surface area contributed by atoms with Crippen molar-refractivity contribution in [2.24, 2.45) is 5.73 Å². The number of carbonyl (C=O) groups is 1. The molecule has 1 aromatic carbocycles. The van der Waals surface area contributed by atoms with Crippen LogP contribution in [-0.4, -0.2) is 19.1 Å². The van der Waals surface area contributed by atoms with Gasteiger partial charge in [-0.2, -0.15) is 0 Å². The minimum atomic E-state index is -0.733. The van der Waals surface area contributed by atoms with Crippen molar-refractivity contribution >= 4 is 17.6 Å². The molecule has 5 heteroatoms. The zero-order valence-corrected chi connectivity index (χ0v) is 9.63. The molecule has 0 saturated carbocycles. The number of hydrogen-bond acceptors (Lipinski definition) is 3. The van der Waals surface area contributed by atoms with Crippen LogP contribution in [0.4, 0.5) is 4.39 Å². The number of halogens is 2. The van der Waals surface area contributed by atoms with Gasteiger partial charge < -0.3 is 10.5 Å². The molecule has 0 aliphatic rings. The number of ether oxygens (including phenoxy) is 1. The van der Waals surface area contributed by atoms with Gasteiger partial charge in [0, 0.05) is 5.02 Å². The number of esters is 1. The molecule has 0 aliphatic heterocycles. The van der Waals surface area contributed by atoms with Gasteiger partial charge >= 0.3 is 5.97 Å². The molecule has 3 nitrogen and oxygen atoms in total. The summed E-state index contributed by atoms with van der Waals surface area (Å²) in [5.74, 6) is -0.844. The molecule has 88 valence electrons. The lowest BCUT2D eigenvalue weighted by molar-refractivity contribution is -0.142. The normalized spacial score (nSPS) is 12.2. The van der Waals surface area contributed by atoms with Gasteiger partial charge in [-0.3, -0.25) is 4.79 Å². The number of nitrogens with two attached hydrogens (primary N) is 1. The van der Waals surface area contributed by atoms with Gasteiger partial charge in [-0.25, -0.2) is 4.39 Å². The van der Waals surface area contributed by atoms with Crippen LogP contribution in [0.5, 0.6) is 0 Å². The summed E-state index contributed by atoms with van der Waals surface area (Å²) >= 11 is 5.73. The molecular formula is C11H13ClFNO2. The molecule has 0 aromatic heterocycles. The van der Waals surface area contributed by atoms with Crippen molar-refractivity contribution in [1.29, 1.82) is 0 Å². The first-order valence-electron chi connectivity index (χ1n) is 4.82. The van der Waals surface area contributed by atoms with Gasteiger partial charge in [0.05, 0.1) is 7.11 Å². The molecule has 0 aliphatic carbocycles. The lowest BCUT2D eigenvalue weighted by Crippen LogP contribution is -2.32. The molecule has 1 atom stereocenters. The summed E-state index contributed by atoms with van der Waals surface area (Å²) in [6, 6.07) is 3.56. The maximum atomic E-state index is 13.3. The van der Waals surface area contributed by atoms with E-state index in [4.69, 9.17) is 17.3 Å². The Bertz CT molecular complexity index is 384. The minimum absolute atomic E-state index is 0.323. The largest absolute Gasteiger partial charge is 0.468 e. The maximum Gasteiger partial charge on any atom is 0.322 e. The zero-order valence-electron chi connectivity index (χ0n) is 8.87. The quantitative estimate of drug-likeness (QED) is 0.825. The van der Waals surface area contributed by atoms with E-state index in [1.54, 1.807) is 0 Å². The average Bonchev–Trinajstić information content (AvgIpc) is 2.28. The van der Waals surface area contributed by atoms with Gasteiger partial charge in [-0.15, -0.1) is 0 Å². The second-order valence-electron chi connectivity index (χ2n) is 3.40. The first kappa shape index (κ1) is 12.9. The van der Waals surface area contributed by atoms with Crippen LogP contribution in [0, 0.1) is 5.82 Å². The van der Waals surface area contributed by atoms with Crippen molar-refractivity contribution in [2.45, 2.75) is 18.9 Å². The summed E-state index contributed by atoms with van der Waals surface area (Å²) in [7, 11) is 1.27. The van der Waals surface area contributed by atoms with Crippen LogP contribution >= 0.6 is 11.6 Å². The van der Waals surface area contributed by atoms with Crippen molar-refractivity contribution < 1.29 is 13.9 Å². The highest BCUT2D eigenvalue weighted by Gasteiger charge is 2.14. The van der Waals surface area contributed by atoms with Crippen LogP contribution in [0.2, 0.25) is 5.02 Å². The summed E-state index contributed by atoms with van der Waals surface area (Å²) in [6.07, 6.45) is 0.673. The van der Waals surface area contributed by atoms with E-state index in [2.05, 4.69) is 4.74 Å². The van der Waals surface area contributed by atoms with E-state index >= 15 is 0 Å². The van der Waals surface area contributed by atoms with Crippen LogP contribution in [0.1, 0.15) is 12.0 Å². The van der Waals surface area contributed by atoms with E-state index in [1.807, 2.05) is 0 Å². The highest BCUT2D eigenvalue weighted by molar-refractivity contribution is 6.30.